The summed E-state index contributed by atoms with van der Waals surface area (Å²) < 4.78 is 36.7. The van der Waals surface area contributed by atoms with E-state index >= 15 is 0 Å². The number of carbonyl (C=O) groups is 1. The van der Waals surface area contributed by atoms with Crippen molar-refractivity contribution in [3.63, 3.8) is 0 Å². The number of carboxylic acids is 1. The summed E-state index contributed by atoms with van der Waals surface area (Å²) in [6.45, 7) is 1.78. The van der Waals surface area contributed by atoms with Crippen molar-refractivity contribution in [1.82, 2.24) is 4.72 Å². The fraction of sp³-hybridized carbons (Fsp3) is 0.462. The first-order valence-electron chi connectivity index (χ1n) is 6.32. The van der Waals surface area contributed by atoms with Crippen LogP contribution in [0.5, 0.6) is 11.5 Å². The van der Waals surface area contributed by atoms with Gasteiger partial charge in [0.15, 0.2) is 11.5 Å². The van der Waals surface area contributed by atoms with E-state index < -0.39 is 22.0 Å². The lowest BCUT2D eigenvalue weighted by molar-refractivity contribution is -0.139. The summed E-state index contributed by atoms with van der Waals surface area (Å²) in [4.78, 5) is 11.0. The van der Waals surface area contributed by atoms with Gasteiger partial charge in [-0.3, -0.25) is 4.79 Å². The van der Waals surface area contributed by atoms with Crippen molar-refractivity contribution in [3.8, 4) is 11.5 Å². The normalized spacial score (nSPS) is 12.7. The van der Waals surface area contributed by atoms with Crippen LogP contribution in [-0.4, -0.2) is 39.8 Å². The molecule has 1 rings (SSSR count). The van der Waals surface area contributed by atoms with Gasteiger partial charge in [0.05, 0.1) is 19.1 Å². The predicted octanol–water partition coefficient (Wildman–Crippen LogP) is 1.24. The van der Waals surface area contributed by atoms with Crippen LogP contribution in [0.4, 0.5) is 0 Å². The van der Waals surface area contributed by atoms with Gasteiger partial charge in [-0.2, -0.15) is 4.72 Å². The SMILES string of the molecule is CCC[C@H](NS(=O)(=O)c1ccc(OC)c(OC)c1)C(=O)O. The molecule has 0 saturated carbocycles. The Bertz CT molecular complexity index is 599. The Labute approximate surface area is 123 Å². The minimum atomic E-state index is -3.95. The minimum Gasteiger partial charge on any atom is -0.493 e. The second-order valence-electron chi connectivity index (χ2n) is 4.32. The van der Waals surface area contributed by atoms with E-state index in [4.69, 9.17) is 14.6 Å². The summed E-state index contributed by atoms with van der Waals surface area (Å²) in [5.41, 5.74) is 0. The number of sulfonamides is 1. The maximum Gasteiger partial charge on any atom is 0.321 e. The molecule has 0 aliphatic carbocycles. The second kappa shape index (κ2) is 7.28. The summed E-state index contributed by atoms with van der Waals surface area (Å²) in [6.07, 6.45) is 0.757. The number of aliphatic carboxylic acids is 1. The van der Waals surface area contributed by atoms with Crippen LogP contribution < -0.4 is 14.2 Å². The van der Waals surface area contributed by atoms with Crippen LogP contribution in [0, 0.1) is 0 Å². The Hall–Kier alpha value is -1.80. The first-order chi connectivity index (χ1) is 9.85. The van der Waals surface area contributed by atoms with Gasteiger partial charge in [-0.25, -0.2) is 8.42 Å². The van der Waals surface area contributed by atoms with E-state index in [1.54, 1.807) is 6.92 Å². The molecule has 0 radical (unpaired) electrons. The van der Waals surface area contributed by atoms with Gasteiger partial charge in [-0.05, 0) is 18.6 Å². The van der Waals surface area contributed by atoms with Crippen molar-refractivity contribution in [2.24, 2.45) is 0 Å². The molecule has 1 atom stereocenters. The molecule has 1 aromatic rings. The number of carboxylic acid groups (broad SMARTS) is 1. The van der Waals surface area contributed by atoms with Crippen LogP contribution in [0.1, 0.15) is 19.8 Å². The zero-order chi connectivity index (χ0) is 16.0. The third kappa shape index (κ3) is 4.33. The lowest BCUT2D eigenvalue weighted by Crippen LogP contribution is -2.40. The first kappa shape index (κ1) is 17.3. The number of rotatable bonds is 8. The molecule has 2 N–H and O–H groups in total. The predicted molar refractivity (Wildman–Crippen MR) is 76.2 cm³/mol. The summed E-state index contributed by atoms with van der Waals surface area (Å²) in [6, 6.07) is 2.90. The maximum atomic E-state index is 12.2. The highest BCUT2D eigenvalue weighted by Crippen LogP contribution is 2.29. The van der Waals surface area contributed by atoms with Gasteiger partial charge < -0.3 is 14.6 Å². The fourth-order valence-electron chi connectivity index (χ4n) is 1.76. The van der Waals surface area contributed by atoms with Crippen molar-refractivity contribution in [3.05, 3.63) is 18.2 Å². The van der Waals surface area contributed by atoms with Crippen LogP contribution in [0.15, 0.2) is 23.1 Å². The molecule has 7 nitrogen and oxygen atoms in total. The van der Waals surface area contributed by atoms with Gasteiger partial charge in [0.25, 0.3) is 0 Å². The highest BCUT2D eigenvalue weighted by atomic mass is 32.2. The van der Waals surface area contributed by atoms with E-state index in [1.807, 2.05) is 0 Å². The lowest BCUT2D eigenvalue weighted by Gasteiger charge is -2.15. The standard InChI is InChI=1S/C13H19NO6S/c1-4-5-10(13(15)16)14-21(17,18)9-6-7-11(19-2)12(8-9)20-3/h6-8,10,14H,4-5H2,1-3H3,(H,15,16)/t10-/m0/s1. The van der Waals surface area contributed by atoms with Gasteiger partial charge in [0, 0.05) is 6.07 Å². The van der Waals surface area contributed by atoms with E-state index in [0.29, 0.717) is 12.2 Å². The highest BCUT2D eigenvalue weighted by molar-refractivity contribution is 7.89. The molecule has 0 unspecified atom stereocenters. The van der Waals surface area contributed by atoms with Crippen LogP contribution in [0.3, 0.4) is 0 Å². The number of ether oxygens (including phenoxy) is 2. The molecule has 0 aliphatic heterocycles. The second-order valence-corrected chi connectivity index (χ2v) is 6.03. The molecule has 0 amide bonds. The molecule has 118 valence electrons. The average Bonchev–Trinajstić information content (AvgIpc) is 2.45. The van der Waals surface area contributed by atoms with E-state index in [0.717, 1.165) is 0 Å². The molecule has 0 aliphatic rings. The molecule has 0 heterocycles. The van der Waals surface area contributed by atoms with Crippen LogP contribution >= 0.6 is 0 Å². The first-order valence-corrected chi connectivity index (χ1v) is 7.81. The third-order valence-corrected chi connectivity index (χ3v) is 4.31. The van der Waals surface area contributed by atoms with Crippen molar-refractivity contribution >= 4 is 16.0 Å². The summed E-state index contributed by atoms with van der Waals surface area (Å²) >= 11 is 0. The zero-order valence-corrected chi connectivity index (χ0v) is 12.9. The van der Waals surface area contributed by atoms with Crippen LogP contribution in [0.25, 0.3) is 0 Å². The van der Waals surface area contributed by atoms with Crippen molar-refractivity contribution in [2.45, 2.75) is 30.7 Å². The molecular weight excluding hydrogens is 298 g/mol. The van der Waals surface area contributed by atoms with Crippen LogP contribution in [-0.2, 0) is 14.8 Å². The van der Waals surface area contributed by atoms with Gasteiger partial charge in [-0.1, -0.05) is 13.3 Å². The van der Waals surface area contributed by atoms with E-state index in [9.17, 15) is 13.2 Å². The molecule has 21 heavy (non-hydrogen) atoms. The van der Waals surface area contributed by atoms with Gasteiger partial charge in [0.1, 0.15) is 6.04 Å². The van der Waals surface area contributed by atoms with Crippen LogP contribution in [0.2, 0.25) is 0 Å². The third-order valence-electron chi connectivity index (χ3n) is 2.84. The smallest absolute Gasteiger partial charge is 0.321 e. The number of hydrogen-bond donors (Lipinski definition) is 2. The molecular formula is C13H19NO6S. The molecule has 0 fully saturated rings. The average molecular weight is 317 g/mol. The van der Waals surface area contributed by atoms with Gasteiger partial charge in [-0.15, -0.1) is 0 Å². The van der Waals surface area contributed by atoms with Gasteiger partial charge >= 0.3 is 5.97 Å². The Morgan fingerprint density at radius 1 is 1.29 bits per heavy atom. The molecule has 0 aromatic heterocycles. The maximum absolute atomic E-state index is 12.2. The van der Waals surface area contributed by atoms with E-state index in [1.165, 1.54) is 32.4 Å². The number of benzene rings is 1. The Balaban J connectivity index is 3.10. The number of hydrogen-bond acceptors (Lipinski definition) is 5. The van der Waals surface area contributed by atoms with Gasteiger partial charge in [0.2, 0.25) is 10.0 Å². The Kier molecular flexibility index (Phi) is 5.98. The number of nitrogens with one attached hydrogen (secondary N) is 1. The molecule has 1 aromatic carbocycles. The van der Waals surface area contributed by atoms with Crippen molar-refractivity contribution in [1.29, 1.82) is 0 Å². The Morgan fingerprint density at radius 3 is 2.38 bits per heavy atom. The Morgan fingerprint density at radius 2 is 1.90 bits per heavy atom. The van der Waals surface area contributed by atoms with E-state index in [2.05, 4.69) is 4.72 Å². The summed E-state index contributed by atoms with van der Waals surface area (Å²) in [5.74, 6) is -0.566. The fourth-order valence-corrected chi connectivity index (χ4v) is 3.00. The molecule has 8 heteroatoms. The molecule has 0 bridgehead atoms. The van der Waals surface area contributed by atoms with Crippen molar-refractivity contribution in [2.75, 3.05) is 14.2 Å². The monoisotopic (exact) mass is 317 g/mol. The quantitative estimate of drug-likeness (QED) is 0.748. The number of methoxy groups -OCH3 is 2. The largest absolute Gasteiger partial charge is 0.493 e. The summed E-state index contributed by atoms with van der Waals surface area (Å²) in [7, 11) is -1.13. The van der Waals surface area contributed by atoms with E-state index in [-0.39, 0.29) is 17.1 Å². The lowest BCUT2D eigenvalue weighted by atomic mass is 10.2. The molecule has 0 saturated heterocycles. The topological polar surface area (TPSA) is 102 Å². The zero-order valence-electron chi connectivity index (χ0n) is 12.1. The molecule has 0 spiro atoms. The summed E-state index contributed by atoms with van der Waals surface area (Å²) in [5, 5.41) is 9.03. The minimum absolute atomic E-state index is 0.0810. The van der Waals surface area contributed by atoms with Crippen molar-refractivity contribution < 1.29 is 27.8 Å². The highest BCUT2D eigenvalue weighted by Gasteiger charge is 2.25.